The van der Waals surface area contributed by atoms with Gasteiger partial charge in [0.2, 0.25) is 11.6 Å². The van der Waals surface area contributed by atoms with Gasteiger partial charge >= 0.3 is 5.97 Å². The number of nitrogen functional groups attached to an aromatic ring is 1. The Morgan fingerprint density at radius 2 is 2.17 bits per heavy atom. The summed E-state index contributed by atoms with van der Waals surface area (Å²) in [6.45, 7) is 3.27. The highest BCUT2D eigenvalue weighted by Crippen LogP contribution is 2.43. The van der Waals surface area contributed by atoms with Crippen molar-refractivity contribution in [3.63, 3.8) is 0 Å². The minimum Gasteiger partial charge on any atom is -0.463 e. The highest BCUT2D eigenvalue weighted by Gasteiger charge is 2.40. The Labute approximate surface area is 170 Å². The minimum absolute atomic E-state index is 0.00274. The van der Waals surface area contributed by atoms with Crippen molar-refractivity contribution >= 4 is 23.3 Å². The van der Waals surface area contributed by atoms with Crippen LogP contribution in [-0.4, -0.2) is 27.8 Å². The lowest BCUT2D eigenvalue weighted by Gasteiger charge is -2.34. The highest BCUT2D eigenvalue weighted by molar-refractivity contribution is 5.95. The summed E-state index contributed by atoms with van der Waals surface area (Å²) in [4.78, 5) is 24.8. The van der Waals surface area contributed by atoms with Crippen molar-refractivity contribution in [2.24, 2.45) is 5.73 Å². The number of nitro benzene ring substituents is 1. The summed E-state index contributed by atoms with van der Waals surface area (Å²) in [5.41, 5.74) is 12.4. The quantitative estimate of drug-likeness (QED) is 0.414. The largest absolute Gasteiger partial charge is 0.463 e. The van der Waals surface area contributed by atoms with E-state index in [1.807, 2.05) is 6.07 Å². The molecule has 2 heterocycles. The first-order valence-corrected chi connectivity index (χ1v) is 8.71. The standard InChI is InChI=1S/C18H17N7O5/c1-3-29-18(26)13-9(2)24(17-15(20)22-30-23-17)16(21)12(8-19)14(13)10-5-4-6-11(7-10)25(27)28/h4-7,14H,3,21H2,1-2H3,(H2,20,22). The smallest absolute Gasteiger partial charge is 0.336 e. The van der Waals surface area contributed by atoms with Crippen molar-refractivity contribution in [1.29, 1.82) is 5.26 Å². The molecule has 0 aliphatic carbocycles. The minimum atomic E-state index is -0.994. The third-order valence-electron chi connectivity index (χ3n) is 4.56. The number of hydrogen-bond donors (Lipinski definition) is 2. The predicted octanol–water partition coefficient (Wildman–Crippen LogP) is 1.69. The maximum Gasteiger partial charge on any atom is 0.336 e. The third kappa shape index (κ3) is 3.28. The van der Waals surface area contributed by atoms with Gasteiger partial charge in [0.25, 0.3) is 5.69 Å². The Balaban J connectivity index is 2.29. The van der Waals surface area contributed by atoms with Gasteiger partial charge in [-0.3, -0.25) is 15.0 Å². The average molecular weight is 411 g/mol. The van der Waals surface area contributed by atoms with E-state index in [9.17, 15) is 20.2 Å². The maximum atomic E-state index is 12.9. The van der Waals surface area contributed by atoms with E-state index < -0.39 is 16.8 Å². The van der Waals surface area contributed by atoms with Crippen LogP contribution in [0.1, 0.15) is 25.3 Å². The molecule has 1 unspecified atom stereocenters. The van der Waals surface area contributed by atoms with E-state index in [4.69, 9.17) is 16.2 Å². The van der Waals surface area contributed by atoms with Crippen molar-refractivity contribution in [3.8, 4) is 6.07 Å². The molecule has 1 atom stereocenters. The van der Waals surface area contributed by atoms with Gasteiger partial charge in [-0.2, -0.15) is 5.26 Å². The number of ether oxygens (including phenoxy) is 1. The van der Waals surface area contributed by atoms with Crippen LogP contribution < -0.4 is 16.4 Å². The molecular weight excluding hydrogens is 394 g/mol. The molecule has 0 radical (unpaired) electrons. The van der Waals surface area contributed by atoms with Crippen LogP contribution in [0.5, 0.6) is 0 Å². The van der Waals surface area contributed by atoms with Crippen molar-refractivity contribution in [3.05, 3.63) is 62.6 Å². The fourth-order valence-electron chi connectivity index (χ4n) is 3.29. The number of carbonyl (C=O) groups is 1. The molecule has 12 heteroatoms. The van der Waals surface area contributed by atoms with Crippen molar-refractivity contribution in [1.82, 2.24) is 10.3 Å². The van der Waals surface area contributed by atoms with E-state index >= 15 is 0 Å². The first kappa shape index (κ1) is 20.3. The van der Waals surface area contributed by atoms with Gasteiger partial charge in [-0.05, 0) is 29.7 Å². The van der Waals surface area contributed by atoms with Gasteiger partial charge in [-0.25, -0.2) is 9.42 Å². The lowest BCUT2D eigenvalue weighted by atomic mass is 9.81. The number of rotatable bonds is 5. The summed E-state index contributed by atoms with van der Waals surface area (Å²) in [5.74, 6) is -1.89. The first-order chi connectivity index (χ1) is 14.3. The van der Waals surface area contributed by atoms with Crippen LogP contribution in [0, 0.1) is 21.4 Å². The molecule has 0 saturated carbocycles. The summed E-state index contributed by atoms with van der Waals surface area (Å²) < 4.78 is 9.80. The monoisotopic (exact) mass is 411 g/mol. The number of carbonyl (C=O) groups excluding carboxylic acids is 1. The number of nitrogens with two attached hydrogens (primary N) is 2. The third-order valence-corrected chi connectivity index (χ3v) is 4.56. The van der Waals surface area contributed by atoms with E-state index in [2.05, 4.69) is 14.9 Å². The van der Waals surface area contributed by atoms with Gasteiger partial charge in [-0.15, -0.1) is 0 Å². The fourth-order valence-corrected chi connectivity index (χ4v) is 3.29. The molecule has 154 valence electrons. The van der Waals surface area contributed by atoms with Crippen LogP contribution >= 0.6 is 0 Å². The Morgan fingerprint density at radius 3 is 2.73 bits per heavy atom. The highest BCUT2D eigenvalue weighted by atomic mass is 16.6. The number of non-ortho nitro benzene ring substituents is 1. The van der Waals surface area contributed by atoms with Gasteiger partial charge < -0.3 is 16.2 Å². The van der Waals surface area contributed by atoms with Crippen molar-refractivity contribution in [2.45, 2.75) is 19.8 Å². The molecule has 4 N–H and O–H groups in total. The number of benzene rings is 1. The summed E-state index contributed by atoms with van der Waals surface area (Å²) >= 11 is 0. The van der Waals surface area contributed by atoms with Crippen LogP contribution in [0.4, 0.5) is 17.3 Å². The van der Waals surface area contributed by atoms with E-state index in [0.717, 1.165) is 0 Å². The zero-order chi connectivity index (χ0) is 22.0. The topological polar surface area (TPSA) is 187 Å². The molecule has 30 heavy (non-hydrogen) atoms. The van der Waals surface area contributed by atoms with E-state index in [1.54, 1.807) is 19.9 Å². The number of allylic oxidation sites excluding steroid dienone is 2. The van der Waals surface area contributed by atoms with Crippen molar-refractivity contribution < 1.29 is 19.1 Å². The number of anilines is 2. The SMILES string of the molecule is CCOC(=O)C1=C(C)N(c2nonc2N)C(N)=C(C#N)C1c1cccc([N+](=O)[O-])c1. The van der Waals surface area contributed by atoms with Gasteiger partial charge in [0.05, 0.1) is 34.7 Å². The normalized spacial score (nSPS) is 16.4. The number of esters is 1. The molecule has 2 aromatic rings. The van der Waals surface area contributed by atoms with Crippen molar-refractivity contribution in [2.75, 3.05) is 17.2 Å². The zero-order valence-corrected chi connectivity index (χ0v) is 16.0. The van der Waals surface area contributed by atoms with E-state index in [0.29, 0.717) is 5.56 Å². The van der Waals surface area contributed by atoms with Crippen LogP contribution in [0.15, 0.2) is 51.6 Å². The molecule has 0 fully saturated rings. The molecule has 0 bridgehead atoms. The second kappa shape index (κ2) is 7.92. The van der Waals surface area contributed by atoms with Crippen LogP contribution in [0.2, 0.25) is 0 Å². The molecule has 0 amide bonds. The Kier molecular flexibility index (Phi) is 5.37. The summed E-state index contributed by atoms with van der Waals surface area (Å²) in [6, 6.07) is 7.61. The fraction of sp³-hybridized carbons (Fsp3) is 0.222. The summed E-state index contributed by atoms with van der Waals surface area (Å²) in [6.07, 6.45) is 0. The average Bonchev–Trinajstić information content (AvgIpc) is 3.13. The lowest BCUT2D eigenvalue weighted by Crippen LogP contribution is -2.37. The van der Waals surface area contributed by atoms with Crippen LogP contribution in [0.3, 0.4) is 0 Å². The van der Waals surface area contributed by atoms with E-state index in [-0.39, 0.29) is 46.6 Å². The van der Waals surface area contributed by atoms with Crippen LogP contribution in [-0.2, 0) is 9.53 Å². The molecule has 0 spiro atoms. The number of nitriles is 1. The molecule has 1 aliphatic rings. The van der Waals surface area contributed by atoms with Gasteiger partial charge in [-0.1, -0.05) is 12.1 Å². The summed E-state index contributed by atoms with van der Waals surface area (Å²) in [7, 11) is 0. The molecular formula is C18H17N7O5. The predicted molar refractivity (Wildman–Crippen MR) is 103 cm³/mol. The van der Waals surface area contributed by atoms with Gasteiger partial charge in [0.15, 0.2) is 0 Å². The Morgan fingerprint density at radius 1 is 1.43 bits per heavy atom. The summed E-state index contributed by atoms with van der Waals surface area (Å²) in [5, 5.41) is 28.3. The Hall–Kier alpha value is -4.40. The first-order valence-electron chi connectivity index (χ1n) is 8.71. The maximum absolute atomic E-state index is 12.9. The molecule has 0 saturated heterocycles. The van der Waals surface area contributed by atoms with Crippen LogP contribution in [0.25, 0.3) is 0 Å². The number of nitrogens with zero attached hydrogens (tertiary/aromatic N) is 5. The molecule has 1 aromatic heterocycles. The Bertz CT molecular complexity index is 1130. The second-order valence-electron chi connectivity index (χ2n) is 6.22. The molecule has 1 aromatic carbocycles. The zero-order valence-electron chi connectivity index (χ0n) is 16.0. The molecule has 12 nitrogen and oxygen atoms in total. The number of nitro groups is 1. The lowest BCUT2D eigenvalue weighted by molar-refractivity contribution is -0.384. The molecule has 3 rings (SSSR count). The van der Waals surface area contributed by atoms with E-state index in [1.165, 1.54) is 23.1 Å². The number of hydrogen-bond acceptors (Lipinski definition) is 11. The van der Waals surface area contributed by atoms with Gasteiger partial charge in [0, 0.05) is 17.8 Å². The van der Waals surface area contributed by atoms with Gasteiger partial charge in [0.1, 0.15) is 5.82 Å². The number of aromatic nitrogens is 2. The second-order valence-corrected chi connectivity index (χ2v) is 6.22. The molecule has 1 aliphatic heterocycles.